The third-order valence-corrected chi connectivity index (χ3v) is 6.37. The van der Waals surface area contributed by atoms with E-state index in [4.69, 9.17) is 5.73 Å². The minimum absolute atomic E-state index is 0.486. The van der Waals surface area contributed by atoms with Gasteiger partial charge in [0.05, 0.1) is 0 Å². The highest BCUT2D eigenvalue weighted by atomic mass is 15.2. The lowest BCUT2D eigenvalue weighted by molar-refractivity contribution is 0.0652. The van der Waals surface area contributed by atoms with E-state index in [1.165, 1.54) is 58.0 Å². The van der Waals surface area contributed by atoms with Crippen LogP contribution < -0.4 is 5.73 Å². The molecular weight excluding hydrogens is 256 g/mol. The van der Waals surface area contributed by atoms with Crippen molar-refractivity contribution < 1.29 is 0 Å². The Morgan fingerprint density at radius 2 is 1.67 bits per heavy atom. The molecular formula is C19H38N2. The molecule has 0 aromatic heterocycles. The first-order valence-electron chi connectivity index (χ1n) is 9.39. The van der Waals surface area contributed by atoms with Crippen molar-refractivity contribution in [3.05, 3.63) is 0 Å². The average Bonchev–Trinajstić information content (AvgIpc) is 2.40. The van der Waals surface area contributed by atoms with Crippen LogP contribution in [-0.4, -0.2) is 30.6 Å². The van der Waals surface area contributed by atoms with Crippen LogP contribution in [0.2, 0.25) is 0 Å². The van der Waals surface area contributed by atoms with Gasteiger partial charge in [-0.15, -0.1) is 0 Å². The Labute approximate surface area is 132 Å². The highest BCUT2D eigenvalue weighted by Gasteiger charge is 2.35. The quantitative estimate of drug-likeness (QED) is 0.792. The van der Waals surface area contributed by atoms with E-state index in [-0.39, 0.29) is 0 Å². The maximum atomic E-state index is 6.19. The summed E-state index contributed by atoms with van der Waals surface area (Å²) in [5.41, 5.74) is 6.68. The zero-order valence-electron chi connectivity index (χ0n) is 14.9. The molecule has 0 bridgehead atoms. The number of rotatable bonds is 6. The molecule has 2 aliphatic rings. The zero-order chi connectivity index (χ0) is 15.5. The van der Waals surface area contributed by atoms with Crippen LogP contribution in [0.15, 0.2) is 0 Å². The molecule has 1 unspecified atom stereocenters. The smallest absolute Gasteiger partial charge is 0.0246 e. The Morgan fingerprint density at radius 3 is 2.05 bits per heavy atom. The second kappa shape index (κ2) is 7.46. The Kier molecular flexibility index (Phi) is 6.14. The molecule has 2 N–H and O–H groups in total. The van der Waals surface area contributed by atoms with E-state index in [0.717, 1.165) is 24.3 Å². The van der Waals surface area contributed by atoms with Gasteiger partial charge in [0.25, 0.3) is 0 Å². The largest absolute Gasteiger partial charge is 0.329 e. The summed E-state index contributed by atoms with van der Waals surface area (Å²) in [6.07, 6.45) is 9.95. The Morgan fingerprint density at radius 1 is 1.05 bits per heavy atom. The van der Waals surface area contributed by atoms with Gasteiger partial charge >= 0.3 is 0 Å². The van der Waals surface area contributed by atoms with Crippen LogP contribution in [0.3, 0.4) is 0 Å². The van der Waals surface area contributed by atoms with Crippen molar-refractivity contribution in [2.24, 2.45) is 28.9 Å². The molecule has 0 aromatic rings. The fourth-order valence-corrected chi connectivity index (χ4v) is 4.52. The number of hydrogen-bond acceptors (Lipinski definition) is 2. The Hall–Kier alpha value is -0.0800. The van der Waals surface area contributed by atoms with E-state index in [0.29, 0.717) is 11.5 Å². The van der Waals surface area contributed by atoms with Gasteiger partial charge in [-0.05, 0) is 68.2 Å². The summed E-state index contributed by atoms with van der Waals surface area (Å²) in [6.45, 7) is 12.9. The van der Waals surface area contributed by atoms with Crippen molar-refractivity contribution in [1.82, 2.24) is 4.90 Å². The molecule has 0 amide bonds. The summed E-state index contributed by atoms with van der Waals surface area (Å²) >= 11 is 0. The molecule has 0 aromatic carbocycles. The molecule has 2 saturated carbocycles. The van der Waals surface area contributed by atoms with E-state index >= 15 is 0 Å². The fourth-order valence-electron chi connectivity index (χ4n) is 4.52. The lowest BCUT2D eigenvalue weighted by Crippen LogP contribution is -2.49. The van der Waals surface area contributed by atoms with Crippen molar-refractivity contribution in [1.29, 1.82) is 0 Å². The van der Waals surface area contributed by atoms with Gasteiger partial charge in [0, 0.05) is 19.1 Å². The lowest BCUT2D eigenvalue weighted by atomic mass is 9.68. The predicted octanol–water partition coefficient (Wildman–Crippen LogP) is 4.29. The molecule has 1 atom stereocenters. The summed E-state index contributed by atoms with van der Waals surface area (Å²) in [5, 5.41) is 0. The molecule has 0 aliphatic heterocycles. The monoisotopic (exact) mass is 294 g/mol. The SMILES string of the molecule is CCN(CC1CCC1)C(CN)C1CCC(C(C)(C)C)CC1. The molecule has 2 rings (SSSR count). The minimum Gasteiger partial charge on any atom is -0.329 e. The number of nitrogens with two attached hydrogens (primary N) is 1. The number of likely N-dealkylation sites (N-methyl/N-ethyl adjacent to an activating group) is 1. The average molecular weight is 295 g/mol. The first kappa shape index (κ1) is 17.3. The first-order chi connectivity index (χ1) is 9.95. The van der Waals surface area contributed by atoms with Gasteiger partial charge in [-0.25, -0.2) is 0 Å². The van der Waals surface area contributed by atoms with Gasteiger partial charge < -0.3 is 5.73 Å². The van der Waals surface area contributed by atoms with Gasteiger partial charge in [0.15, 0.2) is 0 Å². The van der Waals surface area contributed by atoms with E-state index in [9.17, 15) is 0 Å². The molecule has 0 spiro atoms. The maximum Gasteiger partial charge on any atom is 0.0246 e. The molecule has 0 saturated heterocycles. The summed E-state index contributed by atoms with van der Waals surface area (Å²) in [7, 11) is 0. The number of hydrogen-bond donors (Lipinski definition) is 1. The van der Waals surface area contributed by atoms with Crippen molar-refractivity contribution in [2.45, 2.75) is 78.7 Å². The first-order valence-corrected chi connectivity index (χ1v) is 9.39. The third kappa shape index (κ3) is 4.45. The van der Waals surface area contributed by atoms with Crippen molar-refractivity contribution in [3.8, 4) is 0 Å². The maximum absolute atomic E-state index is 6.19. The van der Waals surface area contributed by atoms with Crippen LogP contribution in [0, 0.1) is 23.2 Å². The van der Waals surface area contributed by atoms with E-state index in [1.807, 2.05) is 0 Å². The van der Waals surface area contributed by atoms with Crippen LogP contribution in [0.4, 0.5) is 0 Å². The van der Waals surface area contributed by atoms with Gasteiger partial charge in [-0.2, -0.15) is 0 Å². The molecule has 2 fully saturated rings. The van der Waals surface area contributed by atoms with Gasteiger partial charge in [0.2, 0.25) is 0 Å². The van der Waals surface area contributed by atoms with Crippen LogP contribution in [0.1, 0.15) is 72.6 Å². The van der Waals surface area contributed by atoms with Crippen LogP contribution in [-0.2, 0) is 0 Å². The van der Waals surface area contributed by atoms with E-state index < -0.39 is 0 Å². The van der Waals surface area contributed by atoms with Crippen LogP contribution >= 0.6 is 0 Å². The summed E-state index contributed by atoms with van der Waals surface area (Å²) in [6, 6.07) is 0.636. The molecule has 2 nitrogen and oxygen atoms in total. The van der Waals surface area contributed by atoms with E-state index in [2.05, 4.69) is 32.6 Å². The van der Waals surface area contributed by atoms with Gasteiger partial charge in [0.1, 0.15) is 0 Å². The Balaban J connectivity index is 1.88. The third-order valence-electron chi connectivity index (χ3n) is 6.37. The van der Waals surface area contributed by atoms with Crippen molar-refractivity contribution in [3.63, 3.8) is 0 Å². The summed E-state index contributed by atoms with van der Waals surface area (Å²) in [4.78, 5) is 2.71. The van der Waals surface area contributed by atoms with Crippen molar-refractivity contribution >= 4 is 0 Å². The molecule has 0 radical (unpaired) electrons. The molecule has 2 aliphatic carbocycles. The summed E-state index contributed by atoms with van der Waals surface area (Å²) in [5.74, 6) is 2.72. The fraction of sp³-hybridized carbons (Fsp3) is 1.00. The topological polar surface area (TPSA) is 29.3 Å². The highest BCUT2D eigenvalue weighted by Crippen LogP contribution is 2.41. The zero-order valence-corrected chi connectivity index (χ0v) is 14.9. The van der Waals surface area contributed by atoms with Crippen LogP contribution in [0.5, 0.6) is 0 Å². The molecule has 124 valence electrons. The second-order valence-electron chi connectivity index (χ2n) is 8.67. The number of nitrogens with zero attached hydrogens (tertiary/aromatic N) is 1. The predicted molar refractivity (Wildman–Crippen MR) is 92.3 cm³/mol. The van der Waals surface area contributed by atoms with Crippen molar-refractivity contribution in [2.75, 3.05) is 19.6 Å². The van der Waals surface area contributed by atoms with Gasteiger partial charge in [-0.1, -0.05) is 34.1 Å². The standard InChI is InChI=1S/C19H38N2/c1-5-21(14-15-7-6-8-15)18(13-20)16-9-11-17(12-10-16)19(2,3)4/h15-18H,5-14,20H2,1-4H3. The highest BCUT2D eigenvalue weighted by molar-refractivity contribution is 4.88. The molecule has 0 heterocycles. The molecule has 2 heteroatoms. The molecule has 21 heavy (non-hydrogen) atoms. The Bertz CT molecular complexity index is 295. The normalized spacial score (nSPS) is 29.4. The van der Waals surface area contributed by atoms with Crippen LogP contribution in [0.25, 0.3) is 0 Å². The minimum atomic E-state index is 0.486. The lowest BCUT2D eigenvalue weighted by Gasteiger charge is -2.44. The van der Waals surface area contributed by atoms with Gasteiger partial charge in [-0.3, -0.25) is 4.90 Å². The summed E-state index contributed by atoms with van der Waals surface area (Å²) < 4.78 is 0. The second-order valence-corrected chi connectivity index (χ2v) is 8.67. The van der Waals surface area contributed by atoms with E-state index in [1.54, 1.807) is 0 Å².